The highest BCUT2D eigenvalue weighted by molar-refractivity contribution is 14.0. The van der Waals surface area contributed by atoms with Crippen molar-refractivity contribution in [1.29, 1.82) is 0 Å². The Balaban J connectivity index is 0.00000364. The van der Waals surface area contributed by atoms with Gasteiger partial charge in [-0.05, 0) is 43.2 Å². The first kappa shape index (κ1) is 23.1. The summed E-state index contributed by atoms with van der Waals surface area (Å²) in [5.74, 6) is 2.33. The molecule has 0 saturated carbocycles. The molecule has 0 aliphatic heterocycles. The molecule has 0 aliphatic rings. The zero-order valence-corrected chi connectivity index (χ0v) is 18.7. The molecule has 2 aromatic rings. The number of guanidine groups is 1. The van der Waals surface area contributed by atoms with Gasteiger partial charge in [0, 0.05) is 32.0 Å². The highest BCUT2D eigenvalue weighted by Crippen LogP contribution is 2.28. The number of nitrogens with one attached hydrogen (secondary N) is 2. The van der Waals surface area contributed by atoms with Gasteiger partial charge in [-0.25, -0.2) is 4.99 Å². The molecule has 150 valence electrons. The van der Waals surface area contributed by atoms with Crippen molar-refractivity contribution in [3.8, 4) is 11.5 Å². The lowest BCUT2D eigenvalue weighted by atomic mass is 10.2. The normalized spacial score (nSPS) is 10.9. The summed E-state index contributed by atoms with van der Waals surface area (Å²) in [6.45, 7) is 7.94. The third-order valence-electron chi connectivity index (χ3n) is 3.78. The fourth-order valence-electron chi connectivity index (χ4n) is 2.48. The maximum atomic E-state index is 5.70. The number of aliphatic imine (C=N–C) groups is 1. The lowest BCUT2D eigenvalue weighted by Crippen LogP contribution is -2.38. The van der Waals surface area contributed by atoms with Crippen LogP contribution in [0.5, 0.6) is 11.5 Å². The molecule has 27 heavy (non-hydrogen) atoms. The van der Waals surface area contributed by atoms with Gasteiger partial charge in [-0.3, -0.25) is 0 Å². The lowest BCUT2D eigenvalue weighted by molar-refractivity contribution is 0.294. The Hall–Kier alpha value is -1.90. The van der Waals surface area contributed by atoms with Crippen LogP contribution < -0.4 is 20.1 Å². The molecule has 0 spiro atoms. The van der Waals surface area contributed by atoms with E-state index in [4.69, 9.17) is 9.47 Å². The van der Waals surface area contributed by atoms with E-state index in [1.54, 1.807) is 7.11 Å². The van der Waals surface area contributed by atoms with Crippen LogP contribution in [-0.2, 0) is 13.1 Å². The van der Waals surface area contributed by atoms with Crippen molar-refractivity contribution in [3.05, 3.63) is 48.3 Å². The van der Waals surface area contributed by atoms with Crippen LogP contribution in [0.25, 0.3) is 0 Å². The Morgan fingerprint density at radius 1 is 1.11 bits per heavy atom. The smallest absolute Gasteiger partial charge is 0.191 e. The van der Waals surface area contributed by atoms with E-state index >= 15 is 0 Å². The minimum absolute atomic E-state index is 0. The number of methoxy groups -OCH3 is 1. The average Bonchev–Trinajstić information content (AvgIpc) is 3.18. The van der Waals surface area contributed by atoms with E-state index in [1.807, 2.05) is 30.3 Å². The molecule has 1 aromatic heterocycles. The van der Waals surface area contributed by atoms with Crippen molar-refractivity contribution in [1.82, 2.24) is 15.2 Å². The number of hydrogen-bond acceptors (Lipinski definition) is 3. The van der Waals surface area contributed by atoms with Gasteiger partial charge in [-0.2, -0.15) is 0 Å². The standard InChI is InChI=1S/C20H30N4O2.HI/c1-4-14-26-18-9-8-17(15-19(18)25-3)16-23-20(21-5-2)22-10-13-24-11-6-7-12-24;/h6-9,11-12,15H,4-5,10,13-14,16H2,1-3H3,(H2,21,22,23);1H. The minimum atomic E-state index is 0. The van der Waals surface area contributed by atoms with Gasteiger partial charge in [0.2, 0.25) is 0 Å². The number of nitrogens with zero attached hydrogens (tertiary/aromatic N) is 2. The molecule has 0 aliphatic carbocycles. The van der Waals surface area contributed by atoms with Crippen molar-refractivity contribution in [2.75, 3.05) is 26.8 Å². The SMILES string of the molecule is CCCOc1ccc(CN=C(NCC)NCCn2cccc2)cc1OC.I. The molecule has 0 saturated heterocycles. The summed E-state index contributed by atoms with van der Waals surface area (Å²) in [4.78, 5) is 4.66. The predicted octanol–water partition coefficient (Wildman–Crippen LogP) is 3.66. The summed E-state index contributed by atoms with van der Waals surface area (Å²) in [6.07, 6.45) is 5.08. The summed E-state index contributed by atoms with van der Waals surface area (Å²) < 4.78 is 13.3. The number of rotatable bonds is 10. The van der Waals surface area contributed by atoms with Crippen LogP contribution in [0.4, 0.5) is 0 Å². The van der Waals surface area contributed by atoms with Gasteiger partial charge in [0.25, 0.3) is 0 Å². The van der Waals surface area contributed by atoms with Crippen LogP contribution in [0.1, 0.15) is 25.8 Å². The fraction of sp³-hybridized carbons (Fsp3) is 0.450. The molecule has 7 heteroatoms. The highest BCUT2D eigenvalue weighted by Gasteiger charge is 2.06. The van der Waals surface area contributed by atoms with Crippen LogP contribution in [0.3, 0.4) is 0 Å². The Labute approximate surface area is 179 Å². The number of ether oxygens (including phenoxy) is 2. The molecule has 0 bridgehead atoms. The summed E-state index contributed by atoms with van der Waals surface area (Å²) in [7, 11) is 1.66. The first-order valence-corrected chi connectivity index (χ1v) is 9.19. The van der Waals surface area contributed by atoms with Gasteiger partial charge in [0.15, 0.2) is 17.5 Å². The second-order valence-corrected chi connectivity index (χ2v) is 5.88. The van der Waals surface area contributed by atoms with Crippen LogP contribution in [0.15, 0.2) is 47.7 Å². The van der Waals surface area contributed by atoms with Gasteiger partial charge >= 0.3 is 0 Å². The van der Waals surface area contributed by atoms with Gasteiger partial charge < -0.3 is 24.7 Å². The first-order valence-electron chi connectivity index (χ1n) is 9.19. The van der Waals surface area contributed by atoms with Crippen molar-refractivity contribution in [3.63, 3.8) is 0 Å². The summed E-state index contributed by atoms with van der Waals surface area (Å²) in [5, 5.41) is 6.63. The number of hydrogen-bond donors (Lipinski definition) is 2. The molecule has 0 fully saturated rings. The van der Waals surface area contributed by atoms with Crippen LogP contribution in [0, 0.1) is 0 Å². The number of halogens is 1. The van der Waals surface area contributed by atoms with Crippen molar-refractivity contribution in [2.45, 2.75) is 33.4 Å². The van der Waals surface area contributed by atoms with Crippen LogP contribution in [0.2, 0.25) is 0 Å². The van der Waals surface area contributed by atoms with Crippen molar-refractivity contribution < 1.29 is 9.47 Å². The molecular weight excluding hydrogens is 455 g/mol. The molecule has 2 rings (SSSR count). The Morgan fingerprint density at radius 3 is 2.56 bits per heavy atom. The third kappa shape index (κ3) is 8.11. The second-order valence-electron chi connectivity index (χ2n) is 5.88. The van der Waals surface area contributed by atoms with E-state index in [1.165, 1.54) is 0 Å². The topological polar surface area (TPSA) is 59.8 Å². The number of aromatic nitrogens is 1. The average molecular weight is 486 g/mol. The van der Waals surface area contributed by atoms with E-state index in [-0.39, 0.29) is 24.0 Å². The van der Waals surface area contributed by atoms with E-state index in [0.29, 0.717) is 13.2 Å². The second kappa shape index (κ2) is 13.3. The zero-order chi connectivity index (χ0) is 18.6. The van der Waals surface area contributed by atoms with Crippen LogP contribution in [-0.4, -0.2) is 37.3 Å². The van der Waals surface area contributed by atoms with E-state index in [2.05, 4.69) is 46.4 Å². The molecule has 0 radical (unpaired) electrons. The van der Waals surface area contributed by atoms with Crippen LogP contribution >= 0.6 is 24.0 Å². The largest absolute Gasteiger partial charge is 0.493 e. The van der Waals surface area contributed by atoms with Gasteiger partial charge in [-0.15, -0.1) is 24.0 Å². The zero-order valence-electron chi connectivity index (χ0n) is 16.4. The molecule has 6 nitrogen and oxygen atoms in total. The molecular formula is C20H31IN4O2. The minimum Gasteiger partial charge on any atom is -0.493 e. The highest BCUT2D eigenvalue weighted by atomic mass is 127. The fourth-order valence-corrected chi connectivity index (χ4v) is 2.48. The molecule has 2 N–H and O–H groups in total. The van der Waals surface area contributed by atoms with Gasteiger partial charge in [0.05, 0.1) is 20.3 Å². The first-order chi connectivity index (χ1) is 12.8. The van der Waals surface area contributed by atoms with E-state index in [0.717, 1.165) is 49.1 Å². The van der Waals surface area contributed by atoms with E-state index < -0.39 is 0 Å². The summed E-state index contributed by atoms with van der Waals surface area (Å²) in [5.41, 5.74) is 1.08. The monoisotopic (exact) mass is 486 g/mol. The van der Waals surface area contributed by atoms with Crippen molar-refractivity contribution >= 4 is 29.9 Å². The molecule has 0 amide bonds. The molecule has 0 atom stereocenters. The Kier molecular flexibility index (Phi) is 11.4. The maximum absolute atomic E-state index is 5.70. The molecule has 1 aromatic carbocycles. The van der Waals surface area contributed by atoms with Gasteiger partial charge in [0.1, 0.15) is 0 Å². The van der Waals surface area contributed by atoms with Crippen molar-refractivity contribution in [2.24, 2.45) is 4.99 Å². The number of benzene rings is 1. The lowest BCUT2D eigenvalue weighted by Gasteiger charge is -2.13. The third-order valence-corrected chi connectivity index (χ3v) is 3.78. The summed E-state index contributed by atoms with van der Waals surface area (Å²) >= 11 is 0. The molecule has 1 heterocycles. The quantitative estimate of drug-likeness (QED) is 0.306. The molecule has 0 unspecified atom stereocenters. The predicted molar refractivity (Wildman–Crippen MR) is 121 cm³/mol. The Morgan fingerprint density at radius 2 is 1.89 bits per heavy atom. The maximum Gasteiger partial charge on any atom is 0.191 e. The Bertz CT molecular complexity index is 675. The van der Waals surface area contributed by atoms with E-state index in [9.17, 15) is 0 Å². The summed E-state index contributed by atoms with van der Waals surface area (Å²) in [6, 6.07) is 10.0. The van der Waals surface area contributed by atoms with Gasteiger partial charge in [-0.1, -0.05) is 13.0 Å².